The number of thioether (sulfide) groups is 1. The van der Waals surface area contributed by atoms with E-state index in [1.807, 2.05) is 48.2 Å². The number of hydrogen-bond acceptors (Lipinski definition) is 4. The van der Waals surface area contributed by atoms with Crippen molar-refractivity contribution in [3.63, 3.8) is 0 Å². The van der Waals surface area contributed by atoms with Crippen molar-refractivity contribution in [3.05, 3.63) is 169 Å². The number of nitrogens with one attached hydrogen (secondary N) is 1. The van der Waals surface area contributed by atoms with Gasteiger partial charge in [0.25, 0.3) is 0 Å². The molecular weight excluding hydrogens is 591 g/mol. The molecule has 1 unspecified atom stereocenters. The molecular formula is C43H29N3S. The molecule has 47 heavy (non-hydrogen) atoms. The lowest BCUT2D eigenvalue weighted by molar-refractivity contribution is 1.14. The van der Waals surface area contributed by atoms with Gasteiger partial charge >= 0.3 is 0 Å². The number of rotatable bonds is 5. The van der Waals surface area contributed by atoms with Gasteiger partial charge in [0.2, 0.25) is 0 Å². The number of fused-ring (bicyclic) bond motifs is 5. The van der Waals surface area contributed by atoms with Crippen LogP contribution in [-0.4, -0.2) is 9.97 Å². The highest BCUT2D eigenvalue weighted by Gasteiger charge is 2.25. The van der Waals surface area contributed by atoms with Crippen molar-refractivity contribution in [1.82, 2.24) is 9.97 Å². The third kappa shape index (κ3) is 5.13. The predicted molar refractivity (Wildman–Crippen MR) is 197 cm³/mol. The Morgan fingerprint density at radius 3 is 1.79 bits per heavy atom. The first-order chi connectivity index (χ1) is 23.3. The van der Waals surface area contributed by atoms with Crippen molar-refractivity contribution in [2.75, 3.05) is 5.32 Å². The third-order valence-electron chi connectivity index (χ3n) is 8.90. The summed E-state index contributed by atoms with van der Waals surface area (Å²) in [6.45, 7) is 0. The lowest BCUT2D eigenvalue weighted by atomic mass is 9.95. The van der Waals surface area contributed by atoms with Gasteiger partial charge in [-0.25, -0.2) is 9.97 Å². The first kappa shape index (κ1) is 27.6. The van der Waals surface area contributed by atoms with Crippen molar-refractivity contribution in [3.8, 4) is 45.0 Å². The van der Waals surface area contributed by atoms with Gasteiger partial charge in [-0.05, 0) is 57.1 Å². The van der Waals surface area contributed by atoms with Crippen molar-refractivity contribution >= 4 is 39.0 Å². The Hall–Kier alpha value is -5.71. The Bertz CT molecular complexity index is 2350. The van der Waals surface area contributed by atoms with Crippen LogP contribution in [0.3, 0.4) is 0 Å². The molecule has 4 heteroatoms. The maximum Gasteiger partial charge on any atom is 0.160 e. The normalized spacial score (nSPS) is 13.8. The molecule has 1 aromatic heterocycles. The molecule has 0 saturated carbocycles. The number of hydrogen-bond donors (Lipinski definition) is 1. The lowest BCUT2D eigenvalue weighted by Gasteiger charge is -2.13. The average molecular weight is 620 g/mol. The summed E-state index contributed by atoms with van der Waals surface area (Å²) in [5.41, 5.74) is 9.76. The van der Waals surface area contributed by atoms with Crippen molar-refractivity contribution in [1.29, 1.82) is 0 Å². The fourth-order valence-electron chi connectivity index (χ4n) is 6.55. The van der Waals surface area contributed by atoms with Crippen LogP contribution in [0.15, 0.2) is 169 Å². The third-order valence-corrected chi connectivity index (χ3v) is 10.1. The number of nitrogens with zero attached hydrogens (tertiary/aromatic N) is 2. The summed E-state index contributed by atoms with van der Waals surface area (Å²) in [4.78, 5) is 11.4. The predicted octanol–water partition coefficient (Wildman–Crippen LogP) is 11.7. The van der Waals surface area contributed by atoms with E-state index in [0.29, 0.717) is 5.82 Å². The van der Waals surface area contributed by atoms with Gasteiger partial charge in [-0.1, -0.05) is 151 Å². The molecule has 0 spiro atoms. The van der Waals surface area contributed by atoms with E-state index < -0.39 is 0 Å². The van der Waals surface area contributed by atoms with Crippen LogP contribution in [-0.2, 0) is 0 Å². The molecule has 0 saturated heterocycles. The summed E-state index contributed by atoms with van der Waals surface area (Å²) < 4.78 is 0. The second-order valence-corrected chi connectivity index (χ2v) is 13.0. The lowest BCUT2D eigenvalue weighted by Crippen LogP contribution is -2.01. The number of benzene rings is 7. The summed E-state index contributed by atoms with van der Waals surface area (Å²) >= 11 is 1.89. The van der Waals surface area contributed by atoms with E-state index in [1.54, 1.807) is 0 Å². The molecule has 3 nitrogen and oxygen atoms in total. The quantitative estimate of drug-likeness (QED) is 0.195. The van der Waals surface area contributed by atoms with Crippen LogP contribution in [0, 0.1) is 0 Å². The van der Waals surface area contributed by atoms with E-state index in [2.05, 4.69) is 133 Å². The minimum Gasteiger partial charge on any atom is -0.368 e. The summed E-state index contributed by atoms with van der Waals surface area (Å²) in [6, 6.07) is 57.8. The number of aromatic nitrogens is 2. The molecule has 0 amide bonds. The smallest absolute Gasteiger partial charge is 0.160 e. The molecule has 1 aliphatic rings. The van der Waals surface area contributed by atoms with Crippen LogP contribution in [0.5, 0.6) is 0 Å². The van der Waals surface area contributed by atoms with Crippen LogP contribution >= 0.6 is 11.8 Å². The van der Waals surface area contributed by atoms with E-state index in [1.165, 1.54) is 43.3 Å². The molecule has 1 aliphatic heterocycles. The van der Waals surface area contributed by atoms with Gasteiger partial charge in [0.05, 0.1) is 17.1 Å². The van der Waals surface area contributed by atoms with Gasteiger partial charge in [0.15, 0.2) is 5.82 Å². The standard InChI is InChI=1S/C43H29N3S/c1-4-11-28(12-5-1)37-27-38(29-13-6-2-7-14-29)45-42(44-37)35-18-10-17-32(26-35)33-21-23-36-34(25-33)20-19-30-22-24-39-41(40(30)36)46-43(47-39)31-15-8-3-9-16-31/h1-27,43,46H. The maximum atomic E-state index is 5.06. The second kappa shape index (κ2) is 11.6. The summed E-state index contributed by atoms with van der Waals surface area (Å²) in [7, 11) is 0. The zero-order valence-electron chi connectivity index (χ0n) is 25.5. The molecule has 1 atom stereocenters. The van der Waals surface area contributed by atoms with Gasteiger partial charge in [-0.3, -0.25) is 0 Å². The largest absolute Gasteiger partial charge is 0.368 e. The maximum absolute atomic E-state index is 5.06. The Balaban J connectivity index is 1.12. The molecule has 0 radical (unpaired) electrons. The summed E-state index contributed by atoms with van der Waals surface area (Å²) in [6.07, 6.45) is 0. The summed E-state index contributed by atoms with van der Waals surface area (Å²) in [5, 5.41) is 9.05. The van der Waals surface area contributed by atoms with Gasteiger partial charge in [0.1, 0.15) is 5.37 Å². The molecule has 0 fully saturated rings. The van der Waals surface area contributed by atoms with E-state index in [0.717, 1.165) is 33.6 Å². The van der Waals surface area contributed by atoms with Crippen LogP contribution in [0.2, 0.25) is 0 Å². The minimum absolute atomic E-state index is 0.207. The van der Waals surface area contributed by atoms with Crippen LogP contribution in [0.1, 0.15) is 10.9 Å². The molecule has 222 valence electrons. The Labute approximate surface area is 278 Å². The van der Waals surface area contributed by atoms with Crippen molar-refractivity contribution in [2.45, 2.75) is 10.3 Å². The monoisotopic (exact) mass is 619 g/mol. The number of anilines is 1. The van der Waals surface area contributed by atoms with Gasteiger partial charge in [-0.15, -0.1) is 0 Å². The molecule has 1 N–H and O–H groups in total. The Morgan fingerprint density at radius 1 is 0.468 bits per heavy atom. The van der Waals surface area contributed by atoms with Gasteiger partial charge in [0, 0.05) is 27.0 Å². The Kier molecular flexibility index (Phi) is 6.80. The van der Waals surface area contributed by atoms with E-state index in [4.69, 9.17) is 9.97 Å². The fourth-order valence-corrected chi connectivity index (χ4v) is 7.70. The topological polar surface area (TPSA) is 37.8 Å². The Morgan fingerprint density at radius 2 is 1.06 bits per heavy atom. The molecule has 2 heterocycles. The van der Waals surface area contributed by atoms with Crippen LogP contribution in [0.25, 0.3) is 66.6 Å². The second-order valence-electron chi connectivity index (χ2n) is 11.9. The average Bonchev–Trinajstić information content (AvgIpc) is 3.60. The minimum atomic E-state index is 0.207. The zero-order chi connectivity index (χ0) is 31.2. The van der Waals surface area contributed by atoms with Crippen molar-refractivity contribution < 1.29 is 0 Å². The van der Waals surface area contributed by atoms with Gasteiger partial charge in [-0.2, -0.15) is 0 Å². The van der Waals surface area contributed by atoms with E-state index in [-0.39, 0.29) is 5.37 Å². The molecule has 9 rings (SSSR count). The zero-order valence-corrected chi connectivity index (χ0v) is 26.3. The van der Waals surface area contributed by atoms with Crippen LogP contribution < -0.4 is 5.32 Å². The highest BCUT2D eigenvalue weighted by atomic mass is 32.2. The highest BCUT2D eigenvalue weighted by molar-refractivity contribution is 8.00. The van der Waals surface area contributed by atoms with E-state index >= 15 is 0 Å². The highest BCUT2D eigenvalue weighted by Crippen LogP contribution is 2.50. The summed E-state index contributed by atoms with van der Waals surface area (Å²) in [5.74, 6) is 0.714. The SMILES string of the molecule is c1ccc(-c2cc(-c3ccccc3)nc(-c3cccc(-c4ccc5c(ccc6ccc7c(c65)NC(c5ccccc5)S7)c4)c3)n2)cc1. The molecule has 7 aromatic carbocycles. The van der Waals surface area contributed by atoms with Gasteiger partial charge < -0.3 is 5.32 Å². The fraction of sp³-hybridized carbons (Fsp3) is 0.0233. The first-order valence-corrected chi connectivity index (χ1v) is 16.7. The van der Waals surface area contributed by atoms with E-state index in [9.17, 15) is 0 Å². The molecule has 0 bridgehead atoms. The van der Waals surface area contributed by atoms with Crippen molar-refractivity contribution in [2.24, 2.45) is 0 Å². The molecule has 0 aliphatic carbocycles. The molecule has 8 aromatic rings. The first-order valence-electron chi connectivity index (χ1n) is 15.9. The van der Waals surface area contributed by atoms with Crippen LogP contribution in [0.4, 0.5) is 5.69 Å².